The first-order valence-electron chi connectivity index (χ1n) is 6.87. The van der Waals surface area contributed by atoms with Crippen LogP contribution in [0.3, 0.4) is 0 Å². The minimum absolute atomic E-state index is 0.184. The molecule has 0 bridgehead atoms. The molecule has 1 atom stereocenters. The van der Waals surface area contributed by atoms with Crippen molar-refractivity contribution in [3.05, 3.63) is 23.8 Å². The molecule has 18 heavy (non-hydrogen) atoms. The Bertz CT molecular complexity index is 307. The van der Waals surface area contributed by atoms with E-state index in [1.54, 1.807) is 0 Å². The van der Waals surface area contributed by atoms with Crippen molar-refractivity contribution in [3.8, 4) is 0 Å². The minimum Gasteiger partial charge on any atom is -0.303 e. The highest BCUT2D eigenvalue weighted by molar-refractivity contribution is 5.55. The topological polar surface area (TPSA) is 17.1 Å². The summed E-state index contributed by atoms with van der Waals surface area (Å²) in [5.41, 5.74) is 1.71. The van der Waals surface area contributed by atoms with Gasteiger partial charge in [0.05, 0.1) is 0 Å². The van der Waals surface area contributed by atoms with E-state index < -0.39 is 0 Å². The van der Waals surface area contributed by atoms with E-state index >= 15 is 0 Å². The van der Waals surface area contributed by atoms with E-state index in [1.165, 1.54) is 5.57 Å². The molecule has 0 N–H and O–H groups in total. The fourth-order valence-corrected chi connectivity index (χ4v) is 2.25. The molecule has 0 amide bonds. The maximum absolute atomic E-state index is 10.9. The Kier molecular flexibility index (Phi) is 6.59. The summed E-state index contributed by atoms with van der Waals surface area (Å²) in [6.07, 6.45) is 8.85. The van der Waals surface area contributed by atoms with Crippen LogP contribution in [0, 0.1) is 16.7 Å². The molecule has 1 nitrogen and oxygen atoms in total. The first-order chi connectivity index (χ1) is 8.11. The zero-order valence-electron chi connectivity index (χ0n) is 13.2. The van der Waals surface area contributed by atoms with Gasteiger partial charge in [0.1, 0.15) is 6.29 Å². The van der Waals surface area contributed by atoms with Crippen LogP contribution in [-0.4, -0.2) is 6.29 Å². The molecule has 0 saturated heterocycles. The summed E-state index contributed by atoms with van der Waals surface area (Å²) in [7, 11) is 0. The Balaban J connectivity index is 5.30. The first kappa shape index (κ1) is 17.2. The lowest BCUT2D eigenvalue weighted by Crippen LogP contribution is -2.27. The normalized spacial score (nSPS) is 16.1. The maximum atomic E-state index is 10.9. The van der Waals surface area contributed by atoms with Gasteiger partial charge in [-0.15, -0.1) is 0 Å². The standard InChI is InChI=1S/C17H30O/c1-8-9-10-14(11-12-18)15(17(5,6)7)13-16(2,3)4/h8-10,12,15H,11,13H2,1-7H3/b9-8?,14-10+. The zero-order chi connectivity index (χ0) is 14.4. The van der Waals surface area contributed by atoms with Gasteiger partial charge in [-0.3, -0.25) is 0 Å². The lowest BCUT2D eigenvalue weighted by atomic mass is 9.68. The fraction of sp³-hybridized carbons (Fsp3) is 0.706. The van der Waals surface area contributed by atoms with E-state index in [4.69, 9.17) is 0 Å². The van der Waals surface area contributed by atoms with Crippen LogP contribution in [0.15, 0.2) is 23.8 Å². The van der Waals surface area contributed by atoms with Crippen molar-refractivity contribution in [3.63, 3.8) is 0 Å². The highest BCUT2D eigenvalue weighted by Crippen LogP contribution is 2.41. The van der Waals surface area contributed by atoms with Crippen LogP contribution in [0.2, 0.25) is 0 Å². The van der Waals surface area contributed by atoms with E-state index in [1.807, 2.05) is 19.1 Å². The molecule has 0 aliphatic carbocycles. The number of carbonyl (C=O) groups is 1. The molecule has 0 aromatic heterocycles. The molecule has 104 valence electrons. The van der Waals surface area contributed by atoms with E-state index in [0.29, 0.717) is 12.3 Å². The number of hydrogen-bond donors (Lipinski definition) is 0. The summed E-state index contributed by atoms with van der Waals surface area (Å²) >= 11 is 0. The summed E-state index contributed by atoms with van der Waals surface area (Å²) in [6, 6.07) is 0. The molecule has 0 radical (unpaired) electrons. The highest BCUT2D eigenvalue weighted by atomic mass is 16.1. The lowest BCUT2D eigenvalue weighted by molar-refractivity contribution is -0.107. The predicted octanol–water partition coefficient (Wildman–Crippen LogP) is 5.18. The Hall–Kier alpha value is -0.850. The zero-order valence-corrected chi connectivity index (χ0v) is 13.2. The molecule has 0 aliphatic rings. The Morgan fingerprint density at radius 1 is 1.11 bits per heavy atom. The molecule has 0 rings (SSSR count). The number of allylic oxidation sites excluding steroid dienone is 4. The van der Waals surface area contributed by atoms with Gasteiger partial charge in [0.2, 0.25) is 0 Å². The van der Waals surface area contributed by atoms with Crippen molar-refractivity contribution in [2.24, 2.45) is 16.7 Å². The lowest BCUT2D eigenvalue weighted by Gasteiger charge is -2.37. The maximum Gasteiger partial charge on any atom is 0.124 e. The van der Waals surface area contributed by atoms with Gasteiger partial charge in [0, 0.05) is 6.42 Å². The largest absolute Gasteiger partial charge is 0.303 e. The molecule has 0 saturated carbocycles. The van der Waals surface area contributed by atoms with Gasteiger partial charge in [-0.25, -0.2) is 0 Å². The van der Waals surface area contributed by atoms with Gasteiger partial charge in [0.25, 0.3) is 0 Å². The smallest absolute Gasteiger partial charge is 0.124 e. The Labute approximate surface area is 113 Å². The molecule has 0 fully saturated rings. The van der Waals surface area contributed by atoms with Crippen LogP contribution in [-0.2, 0) is 4.79 Å². The van der Waals surface area contributed by atoms with Gasteiger partial charge in [-0.05, 0) is 30.1 Å². The van der Waals surface area contributed by atoms with Crippen molar-refractivity contribution >= 4 is 6.29 Å². The number of carbonyl (C=O) groups excluding carboxylic acids is 1. The fourth-order valence-electron chi connectivity index (χ4n) is 2.25. The van der Waals surface area contributed by atoms with Crippen molar-refractivity contribution in [2.75, 3.05) is 0 Å². The van der Waals surface area contributed by atoms with Crippen LogP contribution in [0.25, 0.3) is 0 Å². The Morgan fingerprint density at radius 2 is 1.67 bits per heavy atom. The van der Waals surface area contributed by atoms with Gasteiger partial charge in [-0.2, -0.15) is 0 Å². The molecule has 0 spiro atoms. The second kappa shape index (κ2) is 6.92. The van der Waals surface area contributed by atoms with Crippen molar-refractivity contribution < 1.29 is 4.79 Å². The van der Waals surface area contributed by atoms with Crippen LogP contribution in [0.4, 0.5) is 0 Å². The van der Waals surface area contributed by atoms with Gasteiger partial charge >= 0.3 is 0 Å². The van der Waals surface area contributed by atoms with Crippen LogP contribution in [0.1, 0.15) is 61.3 Å². The molecule has 0 aromatic rings. The molecule has 1 unspecified atom stereocenters. The molecular formula is C17H30O. The number of aldehydes is 1. The van der Waals surface area contributed by atoms with E-state index in [-0.39, 0.29) is 10.8 Å². The number of rotatable bonds is 5. The van der Waals surface area contributed by atoms with Crippen LogP contribution in [0.5, 0.6) is 0 Å². The SMILES string of the molecule is CC=C/C=C(\CC=O)C(CC(C)(C)C)C(C)(C)C. The third kappa shape index (κ3) is 6.78. The van der Waals surface area contributed by atoms with E-state index in [0.717, 1.165) is 12.7 Å². The quantitative estimate of drug-likeness (QED) is 0.485. The van der Waals surface area contributed by atoms with Crippen LogP contribution >= 0.6 is 0 Å². The molecule has 0 aromatic carbocycles. The van der Waals surface area contributed by atoms with Crippen molar-refractivity contribution in [2.45, 2.75) is 61.3 Å². The Morgan fingerprint density at radius 3 is 2.00 bits per heavy atom. The highest BCUT2D eigenvalue weighted by Gasteiger charge is 2.31. The summed E-state index contributed by atoms with van der Waals surface area (Å²) in [6.45, 7) is 15.6. The minimum atomic E-state index is 0.184. The van der Waals surface area contributed by atoms with E-state index in [2.05, 4.69) is 47.6 Å². The monoisotopic (exact) mass is 250 g/mol. The third-order valence-electron chi connectivity index (χ3n) is 3.13. The second-order valence-corrected chi connectivity index (χ2v) is 7.32. The summed E-state index contributed by atoms with van der Waals surface area (Å²) in [4.78, 5) is 10.9. The van der Waals surface area contributed by atoms with E-state index in [9.17, 15) is 4.79 Å². The molecule has 1 heteroatoms. The average molecular weight is 250 g/mol. The summed E-state index contributed by atoms with van der Waals surface area (Å²) in [5.74, 6) is 0.443. The van der Waals surface area contributed by atoms with Crippen molar-refractivity contribution in [1.82, 2.24) is 0 Å². The molecular weight excluding hydrogens is 220 g/mol. The van der Waals surface area contributed by atoms with Crippen molar-refractivity contribution in [1.29, 1.82) is 0 Å². The average Bonchev–Trinajstić information content (AvgIpc) is 2.18. The first-order valence-corrected chi connectivity index (χ1v) is 6.87. The predicted molar refractivity (Wildman–Crippen MR) is 80.6 cm³/mol. The second-order valence-electron chi connectivity index (χ2n) is 7.32. The molecule has 0 heterocycles. The van der Waals surface area contributed by atoms with Crippen LogP contribution < -0.4 is 0 Å². The summed E-state index contributed by atoms with van der Waals surface area (Å²) < 4.78 is 0. The van der Waals surface area contributed by atoms with Gasteiger partial charge < -0.3 is 4.79 Å². The molecule has 0 aliphatic heterocycles. The number of hydrogen-bond acceptors (Lipinski definition) is 1. The third-order valence-corrected chi connectivity index (χ3v) is 3.13. The van der Waals surface area contributed by atoms with Gasteiger partial charge in [-0.1, -0.05) is 65.3 Å². The summed E-state index contributed by atoms with van der Waals surface area (Å²) in [5, 5.41) is 0. The van der Waals surface area contributed by atoms with Gasteiger partial charge in [0.15, 0.2) is 0 Å².